The quantitative estimate of drug-likeness (QED) is 0.787. The molecule has 25 heavy (non-hydrogen) atoms. The fraction of sp³-hybridized carbons (Fsp3) is 0.467. The minimum absolute atomic E-state index is 0.00105. The number of nitrogens with one attached hydrogen (secondary N) is 1. The second-order valence-electron chi connectivity index (χ2n) is 5.80. The molecule has 1 aliphatic heterocycles. The number of urea groups is 1. The Labute approximate surface area is 145 Å². The molecule has 1 aromatic rings. The number of likely N-dealkylation sites (tertiary alicyclic amines) is 1. The fourth-order valence-electron chi connectivity index (χ4n) is 2.82. The van der Waals surface area contributed by atoms with Crippen molar-refractivity contribution in [2.45, 2.75) is 19.1 Å². The van der Waals surface area contributed by atoms with Gasteiger partial charge in [-0.3, -0.25) is 4.79 Å². The first-order chi connectivity index (χ1) is 11.5. The fourth-order valence-corrected chi connectivity index (χ4v) is 3.15. The molecule has 0 saturated carbocycles. The van der Waals surface area contributed by atoms with Crippen LogP contribution in [0.1, 0.15) is 18.5 Å². The summed E-state index contributed by atoms with van der Waals surface area (Å²) in [5, 5.41) is 11.4. The number of hydrogen-bond donors (Lipinski definition) is 2. The molecule has 2 rings (SSSR count). The Kier molecular flexibility index (Phi) is 5.46. The third kappa shape index (κ3) is 4.15. The molecule has 0 spiro atoms. The highest BCUT2D eigenvalue weighted by Crippen LogP contribution is 2.38. The Morgan fingerprint density at radius 1 is 1.36 bits per heavy atom. The number of aliphatic carboxylic acids is 1. The Morgan fingerprint density at radius 2 is 2.00 bits per heavy atom. The number of amides is 2. The minimum Gasteiger partial charge on any atom is -0.481 e. The summed E-state index contributed by atoms with van der Waals surface area (Å²) in [5.41, 5.74) is -0.00105. The van der Waals surface area contributed by atoms with E-state index >= 15 is 0 Å². The summed E-state index contributed by atoms with van der Waals surface area (Å²) in [6.07, 6.45) is -4.74. The highest BCUT2D eigenvalue weighted by molar-refractivity contribution is 6.31. The molecule has 0 bridgehead atoms. The van der Waals surface area contributed by atoms with Gasteiger partial charge >= 0.3 is 18.2 Å². The van der Waals surface area contributed by atoms with Crippen molar-refractivity contribution in [2.24, 2.45) is 11.8 Å². The van der Waals surface area contributed by atoms with E-state index in [1.807, 2.05) is 0 Å². The lowest BCUT2D eigenvalue weighted by molar-refractivity contribution is -0.187. The molecule has 0 aromatic heterocycles. The predicted octanol–water partition coefficient (Wildman–Crippen LogP) is 3.44. The molecule has 1 saturated heterocycles. The van der Waals surface area contributed by atoms with E-state index in [1.54, 1.807) is 0 Å². The number of alkyl halides is 3. The number of halogens is 5. The van der Waals surface area contributed by atoms with Crippen LogP contribution in [0, 0.1) is 17.7 Å². The number of carboxylic acid groups (broad SMARTS) is 1. The van der Waals surface area contributed by atoms with Crippen molar-refractivity contribution in [3.05, 3.63) is 34.6 Å². The zero-order valence-corrected chi connectivity index (χ0v) is 13.7. The molecule has 5 nitrogen and oxygen atoms in total. The van der Waals surface area contributed by atoms with Crippen molar-refractivity contribution < 1.29 is 32.3 Å². The zero-order valence-electron chi connectivity index (χ0n) is 13.0. The van der Waals surface area contributed by atoms with Gasteiger partial charge in [0.25, 0.3) is 0 Å². The van der Waals surface area contributed by atoms with E-state index in [1.165, 1.54) is 19.1 Å². The van der Waals surface area contributed by atoms with Crippen LogP contribution in [-0.4, -0.2) is 41.3 Å². The van der Waals surface area contributed by atoms with Crippen molar-refractivity contribution in [1.82, 2.24) is 10.2 Å². The van der Waals surface area contributed by atoms with E-state index in [-0.39, 0.29) is 10.6 Å². The molecular weight excluding hydrogens is 368 g/mol. The number of carbonyl (C=O) groups excluding carboxylic acids is 1. The van der Waals surface area contributed by atoms with Gasteiger partial charge in [0, 0.05) is 23.7 Å². The van der Waals surface area contributed by atoms with Gasteiger partial charge in [-0.1, -0.05) is 17.7 Å². The molecule has 0 radical (unpaired) electrons. The molecule has 0 aliphatic carbocycles. The minimum atomic E-state index is -4.74. The van der Waals surface area contributed by atoms with E-state index in [0.29, 0.717) is 0 Å². The van der Waals surface area contributed by atoms with Gasteiger partial charge in [-0.2, -0.15) is 13.2 Å². The molecule has 1 unspecified atom stereocenters. The van der Waals surface area contributed by atoms with Crippen molar-refractivity contribution >= 4 is 23.6 Å². The van der Waals surface area contributed by atoms with Crippen LogP contribution in [0.15, 0.2) is 18.2 Å². The number of carboxylic acids is 1. The normalized spacial score (nSPS) is 21.9. The largest absolute Gasteiger partial charge is 0.481 e. The second kappa shape index (κ2) is 7.07. The van der Waals surface area contributed by atoms with E-state index in [0.717, 1.165) is 11.0 Å². The zero-order chi connectivity index (χ0) is 18.9. The van der Waals surface area contributed by atoms with Gasteiger partial charge in [0.2, 0.25) is 0 Å². The van der Waals surface area contributed by atoms with Crippen LogP contribution in [0.25, 0.3) is 0 Å². The number of nitrogens with zero attached hydrogens (tertiary/aromatic N) is 1. The molecule has 1 fully saturated rings. The second-order valence-corrected chi connectivity index (χ2v) is 6.21. The first-order valence-electron chi connectivity index (χ1n) is 7.31. The van der Waals surface area contributed by atoms with Crippen molar-refractivity contribution in [3.63, 3.8) is 0 Å². The summed E-state index contributed by atoms with van der Waals surface area (Å²) in [6, 6.07) is 2.11. The van der Waals surface area contributed by atoms with Crippen LogP contribution < -0.4 is 5.32 Å². The summed E-state index contributed by atoms with van der Waals surface area (Å²) < 4.78 is 52.7. The molecule has 138 valence electrons. The molecule has 2 N–H and O–H groups in total. The molecule has 3 atom stereocenters. The van der Waals surface area contributed by atoms with Gasteiger partial charge in [-0.05, 0) is 19.1 Å². The van der Waals surface area contributed by atoms with Crippen LogP contribution in [0.5, 0.6) is 0 Å². The number of benzene rings is 1. The van der Waals surface area contributed by atoms with E-state index in [2.05, 4.69) is 5.32 Å². The lowest BCUT2D eigenvalue weighted by atomic mass is 9.96. The average Bonchev–Trinajstić information content (AvgIpc) is 2.92. The van der Waals surface area contributed by atoms with Crippen LogP contribution in [-0.2, 0) is 4.79 Å². The summed E-state index contributed by atoms with van der Waals surface area (Å²) in [6.45, 7) is 0.0707. The van der Waals surface area contributed by atoms with Crippen molar-refractivity contribution in [2.75, 3.05) is 13.1 Å². The third-order valence-corrected chi connectivity index (χ3v) is 4.45. The SMILES string of the molecule is CC(NC(=O)N1C[C@@H](C(F)(F)F)[C@H](C(=O)O)C1)c1c(F)cccc1Cl. The van der Waals surface area contributed by atoms with Gasteiger partial charge in [-0.15, -0.1) is 0 Å². The monoisotopic (exact) mass is 382 g/mol. The topological polar surface area (TPSA) is 69.6 Å². The molecule has 1 heterocycles. The van der Waals surface area contributed by atoms with Crippen LogP contribution in [0.3, 0.4) is 0 Å². The van der Waals surface area contributed by atoms with E-state index in [9.17, 15) is 27.2 Å². The molecule has 2 amide bonds. The molecule has 1 aliphatic rings. The van der Waals surface area contributed by atoms with Crippen LogP contribution >= 0.6 is 11.6 Å². The number of hydrogen-bond acceptors (Lipinski definition) is 2. The highest BCUT2D eigenvalue weighted by atomic mass is 35.5. The third-order valence-electron chi connectivity index (χ3n) is 4.12. The predicted molar refractivity (Wildman–Crippen MR) is 80.6 cm³/mol. The molecular formula is C15H15ClF4N2O3. The molecule has 10 heteroatoms. The summed E-state index contributed by atoms with van der Waals surface area (Å²) in [5.74, 6) is -6.18. The van der Waals surface area contributed by atoms with E-state index < -0.39 is 55.0 Å². The maximum absolute atomic E-state index is 13.8. The van der Waals surface area contributed by atoms with Gasteiger partial charge in [0.15, 0.2) is 0 Å². The Hall–Kier alpha value is -2.03. The van der Waals surface area contributed by atoms with Gasteiger partial charge in [0.05, 0.1) is 17.9 Å². The van der Waals surface area contributed by atoms with Gasteiger partial charge in [0.1, 0.15) is 5.82 Å². The summed E-state index contributed by atoms with van der Waals surface area (Å²) in [4.78, 5) is 24.0. The smallest absolute Gasteiger partial charge is 0.394 e. The first kappa shape index (κ1) is 19.3. The van der Waals surface area contributed by atoms with Crippen molar-refractivity contribution in [1.29, 1.82) is 0 Å². The number of rotatable bonds is 3. The molecule has 1 aromatic carbocycles. The Bertz CT molecular complexity index is 663. The Balaban J connectivity index is 2.12. The summed E-state index contributed by atoms with van der Waals surface area (Å²) >= 11 is 5.88. The van der Waals surface area contributed by atoms with Crippen LogP contribution in [0.4, 0.5) is 22.4 Å². The van der Waals surface area contributed by atoms with Crippen LogP contribution in [0.2, 0.25) is 5.02 Å². The standard InChI is InChI=1S/C15H15ClF4N2O3/c1-7(12-10(16)3-2-4-11(12)17)21-14(25)22-5-8(13(23)24)9(6-22)15(18,19)20/h2-4,7-9H,5-6H2,1H3,(H,21,25)(H,23,24)/t7?,8-,9-/m1/s1. The van der Waals surface area contributed by atoms with Gasteiger partial charge < -0.3 is 15.3 Å². The maximum Gasteiger partial charge on any atom is 0.394 e. The van der Waals surface area contributed by atoms with E-state index in [4.69, 9.17) is 16.7 Å². The Morgan fingerprint density at radius 3 is 2.48 bits per heavy atom. The lowest BCUT2D eigenvalue weighted by Gasteiger charge is -2.22. The average molecular weight is 383 g/mol. The van der Waals surface area contributed by atoms with Gasteiger partial charge in [-0.25, -0.2) is 9.18 Å². The highest BCUT2D eigenvalue weighted by Gasteiger charge is 2.53. The summed E-state index contributed by atoms with van der Waals surface area (Å²) in [7, 11) is 0. The maximum atomic E-state index is 13.8. The lowest BCUT2D eigenvalue weighted by Crippen LogP contribution is -2.40. The number of carbonyl (C=O) groups is 2. The van der Waals surface area contributed by atoms with Crippen molar-refractivity contribution in [3.8, 4) is 0 Å². The first-order valence-corrected chi connectivity index (χ1v) is 7.69.